The maximum absolute atomic E-state index is 14.1. The van der Waals surface area contributed by atoms with E-state index >= 15 is 0 Å². The van der Waals surface area contributed by atoms with E-state index in [0.29, 0.717) is 64.4 Å². The number of para-hydroxylation sites is 1. The number of alkyl halides is 3. The molecule has 4 aliphatic heterocycles. The second kappa shape index (κ2) is 17.7. The van der Waals surface area contributed by atoms with Crippen molar-refractivity contribution in [3.05, 3.63) is 58.1 Å². The third-order valence-corrected chi connectivity index (χ3v) is 11.6. The number of hydrogen-bond donors (Lipinski definition) is 3. The lowest BCUT2D eigenvalue weighted by Gasteiger charge is -2.43. The Morgan fingerprint density at radius 1 is 0.927 bits per heavy atom. The van der Waals surface area contributed by atoms with Gasteiger partial charge in [-0.05, 0) is 87.5 Å². The van der Waals surface area contributed by atoms with Crippen LogP contribution in [0.4, 0.5) is 34.1 Å². The number of fused-ring (bicyclic) bond motifs is 1. The minimum atomic E-state index is -4.79. The zero-order valence-corrected chi connectivity index (χ0v) is 31.5. The van der Waals surface area contributed by atoms with E-state index in [4.69, 9.17) is 27.2 Å². The first-order valence-electron chi connectivity index (χ1n) is 19.0. The number of piperidine rings is 2. The number of nitrogen functional groups attached to an aromatic ring is 1. The molecule has 4 aliphatic rings. The number of likely N-dealkylation sites (tertiary alicyclic amines) is 2. The fourth-order valence-corrected chi connectivity index (χ4v) is 8.43. The summed E-state index contributed by atoms with van der Waals surface area (Å²) in [5.41, 5.74) is 5.80. The molecule has 3 fully saturated rings. The first kappa shape index (κ1) is 40.4. The molecule has 4 N–H and O–H groups in total. The fourth-order valence-electron chi connectivity index (χ4n) is 8.19. The van der Waals surface area contributed by atoms with Gasteiger partial charge in [-0.15, -0.1) is 0 Å². The summed E-state index contributed by atoms with van der Waals surface area (Å²) < 4.78 is 47.5. The van der Waals surface area contributed by atoms with E-state index in [2.05, 4.69) is 15.1 Å². The molecule has 2 aromatic carbocycles. The predicted octanol–water partition coefficient (Wildman–Crippen LogP) is 5.02. The van der Waals surface area contributed by atoms with Gasteiger partial charge in [0.1, 0.15) is 0 Å². The molecular weight excluding hydrogens is 743 g/mol. The van der Waals surface area contributed by atoms with Crippen molar-refractivity contribution in [3.63, 3.8) is 0 Å². The van der Waals surface area contributed by atoms with E-state index in [1.807, 2.05) is 24.3 Å². The van der Waals surface area contributed by atoms with E-state index in [9.17, 15) is 32.3 Å². The number of carboxylic acids is 1. The molecule has 0 unspecified atom stereocenters. The average Bonchev–Trinajstić information content (AvgIpc) is 3.33. The number of benzene rings is 2. The number of nitrogens with zero attached hydrogens (tertiary/aromatic N) is 5. The van der Waals surface area contributed by atoms with E-state index in [-0.39, 0.29) is 48.6 Å². The van der Waals surface area contributed by atoms with Crippen molar-refractivity contribution >= 4 is 47.0 Å². The molecule has 13 nitrogen and oxygen atoms in total. The lowest BCUT2D eigenvalue weighted by Crippen LogP contribution is -2.56. The van der Waals surface area contributed by atoms with Crippen molar-refractivity contribution in [1.29, 1.82) is 0 Å². The molecule has 0 aromatic heterocycles. The third-order valence-electron chi connectivity index (χ3n) is 11.3. The van der Waals surface area contributed by atoms with Gasteiger partial charge in [0.15, 0.2) is 6.10 Å². The molecule has 1 atom stereocenters. The van der Waals surface area contributed by atoms with E-state index in [0.717, 1.165) is 49.8 Å². The van der Waals surface area contributed by atoms with Crippen LogP contribution in [0.2, 0.25) is 5.02 Å². The fraction of sp³-hybridized carbons (Fsp3) is 0.579. The summed E-state index contributed by atoms with van der Waals surface area (Å²) in [6.45, 7) is 5.42. The summed E-state index contributed by atoms with van der Waals surface area (Å²) >= 11 is 6.12. The molecule has 4 heterocycles. The van der Waals surface area contributed by atoms with E-state index in [1.165, 1.54) is 11.0 Å². The molecule has 3 saturated heterocycles. The van der Waals surface area contributed by atoms with Crippen molar-refractivity contribution in [2.24, 2.45) is 0 Å². The largest absolute Gasteiger partial charge is 0.481 e. The van der Waals surface area contributed by atoms with E-state index < -0.39 is 41.5 Å². The second-order valence-corrected chi connectivity index (χ2v) is 15.2. The number of carboxylic acid groups (broad SMARTS) is 1. The smallest absolute Gasteiger partial charge is 0.418 e. The zero-order chi connectivity index (χ0) is 39.3. The monoisotopic (exact) mass is 791 g/mol. The van der Waals surface area contributed by atoms with Crippen LogP contribution in [-0.4, -0.2) is 137 Å². The lowest BCUT2D eigenvalue weighted by atomic mass is 10.0. The van der Waals surface area contributed by atoms with Crippen LogP contribution in [0.5, 0.6) is 0 Å². The number of anilines is 2. The second-order valence-electron chi connectivity index (χ2n) is 14.8. The number of nitrogens with two attached hydrogens (primary N) is 1. The van der Waals surface area contributed by atoms with Gasteiger partial charge in [-0.25, -0.2) is 9.59 Å². The first-order valence-corrected chi connectivity index (χ1v) is 19.4. The highest BCUT2D eigenvalue weighted by molar-refractivity contribution is 6.33. The number of halogens is 4. The molecule has 2 aromatic rings. The highest BCUT2D eigenvalue weighted by Gasteiger charge is 2.38. The van der Waals surface area contributed by atoms with Gasteiger partial charge in [-0.2, -0.15) is 13.2 Å². The van der Waals surface area contributed by atoms with Gasteiger partial charge in [0.05, 0.1) is 16.3 Å². The van der Waals surface area contributed by atoms with Crippen LogP contribution in [0.15, 0.2) is 36.4 Å². The number of rotatable bonds is 10. The summed E-state index contributed by atoms with van der Waals surface area (Å²) in [7, 11) is 0. The van der Waals surface area contributed by atoms with Crippen LogP contribution in [0.1, 0.15) is 55.2 Å². The van der Waals surface area contributed by atoms with Gasteiger partial charge < -0.3 is 40.5 Å². The number of amides is 4. The van der Waals surface area contributed by atoms with Gasteiger partial charge in [0.25, 0.3) is 5.91 Å². The number of nitrogens with one attached hydrogen (secondary N) is 1. The summed E-state index contributed by atoms with van der Waals surface area (Å²) in [5.74, 6) is -1.30. The minimum Gasteiger partial charge on any atom is -0.481 e. The Morgan fingerprint density at radius 3 is 2.27 bits per heavy atom. The SMILES string of the molecule is Nc1c(Cl)cc(C[C@@H](OC(=O)N2CCC(N3CCc4ccccc4NC3=O)CC2)C(=O)N2CCN(C3CCN(CCCC(=O)O)CC3)CC2)cc1C(F)(F)F. The molecule has 6 rings (SSSR count). The van der Waals surface area contributed by atoms with Gasteiger partial charge in [0.2, 0.25) is 0 Å². The molecular formula is C38H49ClF3N7O6. The van der Waals surface area contributed by atoms with Crippen molar-refractivity contribution in [2.75, 3.05) is 76.5 Å². The number of carbonyl (C=O) groups is 4. The normalized spacial score (nSPS) is 20.1. The Labute approximate surface area is 323 Å². The molecule has 300 valence electrons. The number of hydrogen-bond acceptors (Lipinski definition) is 8. The van der Waals surface area contributed by atoms with Gasteiger partial charge >= 0.3 is 24.3 Å². The Kier molecular flexibility index (Phi) is 13.0. The van der Waals surface area contributed by atoms with Crippen LogP contribution in [0, 0.1) is 0 Å². The quantitative estimate of drug-likeness (QED) is 0.282. The van der Waals surface area contributed by atoms with Crippen LogP contribution in [-0.2, 0) is 33.3 Å². The number of ether oxygens (including phenoxy) is 1. The summed E-state index contributed by atoms with van der Waals surface area (Å²) in [4.78, 5) is 61.2. The number of carbonyl (C=O) groups excluding carboxylic acids is 3. The van der Waals surface area contributed by atoms with E-state index in [1.54, 1.807) is 9.80 Å². The number of urea groups is 1. The van der Waals surface area contributed by atoms with Crippen LogP contribution >= 0.6 is 11.6 Å². The van der Waals surface area contributed by atoms with Crippen molar-refractivity contribution < 1.29 is 42.2 Å². The molecule has 0 aliphatic carbocycles. The standard InChI is InChI=1S/C38H49ClF3N7O6/c39-30-23-25(22-29(34(30)43)38(40,41)42)24-32(35(52)47-20-18-46(19-21-47)27-8-13-45(14-9-27)12-3-6-33(50)51)55-37(54)48-15-10-28(11-16-48)49-17-7-26-4-1-2-5-31(26)44-36(49)53/h1-2,4-5,22-23,27-28,32H,3,6-21,24,43H2,(H,44,53)(H,50,51)/t32-/m1/s1. The maximum atomic E-state index is 14.1. The van der Waals surface area contributed by atoms with Crippen molar-refractivity contribution in [2.45, 2.75) is 75.7 Å². The Bertz CT molecular complexity index is 1710. The Hall–Kier alpha value is -4.28. The highest BCUT2D eigenvalue weighted by Crippen LogP contribution is 2.38. The Balaban J connectivity index is 1.08. The lowest BCUT2D eigenvalue weighted by molar-refractivity contribution is -0.143. The minimum absolute atomic E-state index is 0.0540. The van der Waals surface area contributed by atoms with Crippen LogP contribution in [0.3, 0.4) is 0 Å². The summed E-state index contributed by atoms with van der Waals surface area (Å²) in [5, 5.41) is 11.6. The van der Waals surface area contributed by atoms with Gasteiger partial charge in [-0.1, -0.05) is 29.8 Å². The van der Waals surface area contributed by atoms with Gasteiger partial charge in [0, 0.05) is 76.4 Å². The first-order chi connectivity index (χ1) is 26.3. The molecule has 0 bridgehead atoms. The summed E-state index contributed by atoms with van der Waals surface area (Å²) in [6.07, 6.45) is -3.02. The average molecular weight is 792 g/mol. The molecule has 0 saturated carbocycles. The summed E-state index contributed by atoms with van der Waals surface area (Å²) in [6, 6.07) is 9.77. The zero-order valence-electron chi connectivity index (χ0n) is 30.7. The number of piperazine rings is 1. The Morgan fingerprint density at radius 2 is 1.60 bits per heavy atom. The van der Waals surface area contributed by atoms with Crippen molar-refractivity contribution in [3.8, 4) is 0 Å². The highest BCUT2D eigenvalue weighted by atomic mass is 35.5. The maximum Gasteiger partial charge on any atom is 0.418 e. The number of aliphatic carboxylic acids is 1. The molecule has 55 heavy (non-hydrogen) atoms. The molecule has 4 amide bonds. The third kappa shape index (κ3) is 10.1. The van der Waals surface area contributed by atoms with Crippen LogP contribution < -0.4 is 11.1 Å². The predicted molar refractivity (Wildman–Crippen MR) is 200 cm³/mol. The molecule has 0 spiro atoms. The molecule has 17 heteroatoms. The van der Waals surface area contributed by atoms with Gasteiger partial charge in [-0.3, -0.25) is 14.5 Å². The topological polar surface area (TPSA) is 152 Å². The van der Waals surface area contributed by atoms with Crippen molar-refractivity contribution in [1.82, 2.24) is 24.5 Å². The molecule has 0 radical (unpaired) electrons. The van der Waals surface area contributed by atoms with Crippen LogP contribution in [0.25, 0.3) is 0 Å².